The van der Waals surface area contributed by atoms with Crippen molar-refractivity contribution >= 4 is 5.78 Å². The Balaban J connectivity index is 2.72. The molecule has 0 aromatic heterocycles. The van der Waals surface area contributed by atoms with Gasteiger partial charge in [0.25, 0.3) is 0 Å². The summed E-state index contributed by atoms with van der Waals surface area (Å²) in [6, 6.07) is 0. The Kier molecular flexibility index (Phi) is 2.48. The van der Waals surface area contributed by atoms with Crippen molar-refractivity contribution in [1.29, 1.82) is 0 Å². The van der Waals surface area contributed by atoms with E-state index in [1.54, 1.807) is 6.92 Å². The first-order valence-electron chi connectivity index (χ1n) is 4.30. The first kappa shape index (κ1) is 8.51. The summed E-state index contributed by atoms with van der Waals surface area (Å²) in [4.78, 5) is 11.1. The number of carbonyl (C=O) groups excluding carboxylic acids is 1. The molecule has 1 aliphatic carbocycles. The molecule has 1 nitrogen and oxygen atoms in total. The Hall–Kier alpha value is -0.590. The van der Waals surface area contributed by atoms with E-state index in [0.717, 1.165) is 12.8 Å². The van der Waals surface area contributed by atoms with Gasteiger partial charge in [-0.3, -0.25) is 4.79 Å². The second-order valence-corrected chi connectivity index (χ2v) is 3.53. The number of hydrogen-bond acceptors (Lipinski definition) is 1. The van der Waals surface area contributed by atoms with E-state index in [0.29, 0.717) is 17.6 Å². The number of hydrogen-bond donors (Lipinski definition) is 0. The van der Waals surface area contributed by atoms with Gasteiger partial charge in [0.1, 0.15) is 5.78 Å². The van der Waals surface area contributed by atoms with Gasteiger partial charge in [0.05, 0.1) is 0 Å². The normalized spacial score (nSPS) is 31.4. The number of allylic oxidation sites excluding steroid dienone is 2. The van der Waals surface area contributed by atoms with Crippen LogP contribution in [0, 0.1) is 11.8 Å². The largest absolute Gasteiger partial charge is 0.300 e. The third kappa shape index (κ3) is 1.70. The molecule has 0 aromatic rings. The summed E-state index contributed by atoms with van der Waals surface area (Å²) in [7, 11) is 0. The van der Waals surface area contributed by atoms with E-state index in [4.69, 9.17) is 0 Å². The third-order valence-corrected chi connectivity index (χ3v) is 2.79. The lowest BCUT2D eigenvalue weighted by atomic mass is 9.78. The van der Waals surface area contributed by atoms with Crippen LogP contribution in [-0.2, 0) is 4.79 Å². The maximum atomic E-state index is 11.1. The Morgan fingerprint density at radius 1 is 1.64 bits per heavy atom. The van der Waals surface area contributed by atoms with Crippen LogP contribution >= 0.6 is 0 Å². The van der Waals surface area contributed by atoms with Crippen molar-refractivity contribution in [2.75, 3.05) is 0 Å². The number of Topliss-reactive ketones (excluding diaryl/α,β-unsaturated/α-hetero) is 1. The van der Waals surface area contributed by atoms with Gasteiger partial charge in [0.2, 0.25) is 0 Å². The topological polar surface area (TPSA) is 17.1 Å². The van der Waals surface area contributed by atoms with E-state index in [2.05, 4.69) is 19.9 Å². The van der Waals surface area contributed by atoms with Gasteiger partial charge in [0, 0.05) is 5.92 Å². The molecule has 1 aliphatic rings. The lowest BCUT2D eigenvalue weighted by molar-refractivity contribution is -0.122. The van der Waals surface area contributed by atoms with Crippen LogP contribution in [-0.4, -0.2) is 5.78 Å². The number of ketones is 1. The molecule has 11 heavy (non-hydrogen) atoms. The monoisotopic (exact) mass is 152 g/mol. The van der Waals surface area contributed by atoms with E-state index >= 15 is 0 Å². The molecule has 0 radical (unpaired) electrons. The average Bonchev–Trinajstić information content (AvgIpc) is 1.94. The minimum atomic E-state index is 0.292. The van der Waals surface area contributed by atoms with Crippen molar-refractivity contribution in [3.05, 3.63) is 11.6 Å². The Bertz CT molecular complexity index is 191. The fourth-order valence-corrected chi connectivity index (χ4v) is 1.80. The van der Waals surface area contributed by atoms with Crippen LogP contribution in [0.4, 0.5) is 0 Å². The van der Waals surface area contributed by atoms with Crippen molar-refractivity contribution in [2.45, 2.75) is 33.6 Å². The molecule has 0 N–H and O–H groups in total. The van der Waals surface area contributed by atoms with Crippen LogP contribution < -0.4 is 0 Å². The van der Waals surface area contributed by atoms with Gasteiger partial charge >= 0.3 is 0 Å². The van der Waals surface area contributed by atoms with E-state index in [1.807, 2.05) is 0 Å². The molecular weight excluding hydrogens is 136 g/mol. The summed E-state index contributed by atoms with van der Waals surface area (Å²) in [6.45, 7) is 5.98. The molecule has 62 valence electrons. The van der Waals surface area contributed by atoms with Crippen LogP contribution in [0.5, 0.6) is 0 Å². The highest BCUT2D eigenvalue weighted by molar-refractivity contribution is 5.79. The average molecular weight is 152 g/mol. The Labute approximate surface area is 68.5 Å². The maximum absolute atomic E-state index is 11.1. The Morgan fingerprint density at radius 3 is 2.73 bits per heavy atom. The van der Waals surface area contributed by atoms with Crippen molar-refractivity contribution < 1.29 is 4.79 Å². The Morgan fingerprint density at radius 2 is 2.27 bits per heavy atom. The minimum Gasteiger partial charge on any atom is -0.300 e. The predicted octanol–water partition coefficient (Wildman–Crippen LogP) is 2.57. The molecule has 0 amide bonds. The molecule has 0 spiro atoms. The second-order valence-electron chi connectivity index (χ2n) is 3.53. The molecule has 0 saturated heterocycles. The molecule has 0 saturated carbocycles. The molecular formula is C10H16O. The third-order valence-electron chi connectivity index (χ3n) is 2.79. The molecule has 0 fully saturated rings. The number of rotatable bonds is 1. The zero-order valence-electron chi connectivity index (χ0n) is 7.55. The fraction of sp³-hybridized carbons (Fsp3) is 0.700. The van der Waals surface area contributed by atoms with Crippen molar-refractivity contribution in [3.8, 4) is 0 Å². The van der Waals surface area contributed by atoms with Crippen LogP contribution in [0.3, 0.4) is 0 Å². The summed E-state index contributed by atoms with van der Waals surface area (Å²) < 4.78 is 0. The van der Waals surface area contributed by atoms with E-state index < -0.39 is 0 Å². The first-order valence-corrected chi connectivity index (χ1v) is 4.30. The molecule has 0 aliphatic heterocycles. The SMILES string of the molecule is CC(=O)C1CCC=C(C)C1C. The van der Waals surface area contributed by atoms with Crippen molar-refractivity contribution in [1.82, 2.24) is 0 Å². The predicted molar refractivity (Wildman–Crippen MR) is 46.3 cm³/mol. The van der Waals surface area contributed by atoms with Crippen molar-refractivity contribution in [2.24, 2.45) is 11.8 Å². The summed E-state index contributed by atoms with van der Waals surface area (Å²) >= 11 is 0. The molecule has 0 heterocycles. The summed E-state index contributed by atoms with van der Waals surface area (Å²) in [5.41, 5.74) is 1.39. The highest BCUT2D eigenvalue weighted by Gasteiger charge is 2.24. The molecule has 1 heteroatoms. The lowest BCUT2D eigenvalue weighted by Gasteiger charge is -2.26. The standard InChI is InChI=1S/C10H16O/c1-7-5-4-6-10(8(7)2)9(3)11/h5,8,10H,4,6H2,1-3H3. The van der Waals surface area contributed by atoms with Crippen LogP contribution in [0.25, 0.3) is 0 Å². The van der Waals surface area contributed by atoms with Gasteiger partial charge < -0.3 is 0 Å². The highest BCUT2D eigenvalue weighted by atomic mass is 16.1. The van der Waals surface area contributed by atoms with Gasteiger partial charge in [-0.05, 0) is 32.6 Å². The maximum Gasteiger partial charge on any atom is 0.133 e. The molecule has 1 rings (SSSR count). The lowest BCUT2D eigenvalue weighted by Crippen LogP contribution is -2.23. The van der Waals surface area contributed by atoms with E-state index in [9.17, 15) is 4.79 Å². The molecule has 2 unspecified atom stereocenters. The van der Waals surface area contributed by atoms with Gasteiger partial charge in [-0.15, -0.1) is 0 Å². The van der Waals surface area contributed by atoms with Gasteiger partial charge in [0.15, 0.2) is 0 Å². The van der Waals surface area contributed by atoms with Crippen LogP contribution in [0.1, 0.15) is 33.6 Å². The van der Waals surface area contributed by atoms with Crippen LogP contribution in [0.15, 0.2) is 11.6 Å². The zero-order valence-corrected chi connectivity index (χ0v) is 7.55. The van der Waals surface area contributed by atoms with E-state index in [1.165, 1.54) is 5.57 Å². The summed E-state index contributed by atoms with van der Waals surface area (Å²) in [5.74, 6) is 1.12. The molecule has 0 bridgehead atoms. The first-order chi connectivity index (χ1) is 5.13. The smallest absolute Gasteiger partial charge is 0.133 e. The van der Waals surface area contributed by atoms with Gasteiger partial charge in [-0.25, -0.2) is 0 Å². The summed E-state index contributed by atoms with van der Waals surface area (Å²) in [6.07, 6.45) is 4.39. The summed E-state index contributed by atoms with van der Waals surface area (Å²) in [5, 5.41) is 0. The minimum absolute atomic E-state index is 0.292. The number of carbonyl (C=O) groups is 1. The molecule has 0 aromatic carbocycles. The zero-order chi connectivity index (χ0) is 8.43. The quantitative estimate of drug-likeness (QED) is 0.528. The van der Waals surface area contributed by atoms with Crippen molar-refractivity contribution in [3.63, 3.8) is 0 Å². The van der Waals surface area contributed by atoms with E-state index in [-0.39, 0.29) is 0 Å². The molecule has 2 atom stereocenters. The van der Waals surface area contributed by atoms with Gasteiger partial charge in [-0.2, -0.15) is 0 Å². The van der Waals surface area contributed by atoms with Gasteiger partial charge in [-0.1, -0.05) is 18.6 Å². The highest BCUT2D eigenvalue weighted by Crippen LogP contribution is 2.30. The van der Waals surface area contributed by atoms with Crippen LogP contribution in [0.2, 0.25) is 0 Å². The fourth-order valence-electron chi connectivity index (χ4n) is 1.80. The second kappa shape index (κ2) is 3.21.